The van der Waals surface area contributed by atoms with Gasteiger partial charge in [0.2, 0.25) is 0 Å². The Bertz CT molecular complexity index is 567. The lowest BCUT2D eigenvalue weighted by Crippen LogP contribution is -2.31. The van der Waals surface area contributed by atoms with Gasteiger partial charge < -0.3 is 5.32 Å². The summed E-state index contributed by atoms with van der Waals surface area (Å²) in [5.74, 6) is 0.310. The molecule has 1 aromatic heterocycles. The molecule has 4 heteroatoms. The third-order valence-electron chi connectivity index (χ3n) is 3.39. The second kappa shape index (κ2) is 8.06. The van der Waals surface area contributed by atoms with Crippen LogP contribution in [0, 0.1) is 11.7 Å². The fraction of sp³-hybridized carbons (Fsp3) is 0.412. The van der Waals surface area contributed by atoms with Crippen LogP contribution in [0.3, 0.4) is 0 Å². The zero-order valence-electron chi connectivity index (χ0n) is 12.4. The molecule has 0 amide bonds. The van der Waals surface area contributed by atoms with Crippen LogP contribution in [-0.4, -0.2) is 12.6 Å². The number of thiophene rings is 1. The summed E-state index contributed by atoms with van der Waals surface area (Å²) in [7, 11) is 0. The van der Waals surface area contributed by atoms with Gasteiger partial charge in [-0.15, -0.1) is 11.3 Å². The van der Waals surface area contributed by atoms with E-state index in [-0.39, 0.29) is 5.82 Å². The van der Waals surface area contributed by atoms with E-state index in [1.54, 1.807) is 23.5 Å². The maximum absolute atomic E-state index is 13.4. The topological polar surface area (TPSA) is 12.0 Å². The molecule has 0 bridgehead atoms. The third kappa shape index (κ3) is 5.53. The van der Waals surface area contributed by atoms with E-state index in [4.69, 9.17) is 0 Å². The van der Waals surface area contributed by atoms with Crippen molar-refractivity contribution < 1.29 is 4.39 Å². The summed E-state index contributed by atoms with van der Waals surface area (Å²) < 4.78 is 14.5. The summed E-state index contributed by atoms with van der Waals surface area (Å²) in [6.45, 7) is 5.25. The van der Waals surface area contributed by atoms with E-state index in [2.05, 4.69) is 46.5 Å². The molecule has 2 aromatic rings. The Hall–Kier alpha value is -0.710. The van der Waals surface area contributed by atoms with Crippen LogP contribution >= 0.6 is 27.3 Å². The molecule has 0 saturated heterocycles. The highest BCUT2D eigenvalue weighted by Crippen LogP contribution is 2.26. The van der Waals surface area contributed by atoms with Crippen molar-refractivity contribution in [1.82, 2.24) is 5.32 Å². The van der Waals surface area contributed by atoms with Crippen LogP contribution in [0.2, 0.25) is 0 Å². The first-order chi connectivity index (χ1) is 10.0. The van der Waals surface area contributed by atoms with Crippen LogP contribution in [0.4, 0.5) is 4.39 Å². The average Bonchev–Trinajstić information content (AvgIpc) is 2.81. The van der Waals surface area contributed by atoms with E-state index in [1.165, 1.54) is 15.4 Å². The van der Waals surface area contributed by atoms with E-state index in [1.807, 2.05) is 6.07 Å². The monoisotopic (exact) mass is 369 g/mol. The van der Waals surface area contributed by atoms with E-state index < -0.39 is 0 Å². The van der Waals surface area contributed by atoms with E-state index in [0.29, 0.717) is 12.0 Å². The Morgan fingerprint density at radius 3 is 2.67 bits per heavy atom. The predicted octanol–water partition coefficient (Wildman–Crippen LogP) is 5.05. The Balaban J connectivity index is 2.06. The lowest BCUT2D eigenvalue weighted by molar-refractivity contribution is 0.445. The number of halogens is 2. The van der Waals surface area contributed by atoms with Crippen molar-refractivity contribution in [2.45, 2.75) is 32.7 Å². The molecule has 0 aliphatic rings. The van der Waals surface area contributed by atoms with Crippen LogP contribution in [0.15, 0.2) is 40.2 Å². The van der Waals surface area contributed by atoms with Gasteiger partial charge in [0, 0.05) is 15.4 Å². The largest absolute Gasteiger partial charge is 0.314 e. The highest BCUT2D eigenvalue weighted by Gasteiger charge is 2.14. The molecule has 1 nitrogen and oxygen atoms in total. The second-order valence-corrected chi connectivity index (χ2v) is 7.51. The van der Waals surface area contributed by atoms with E-state index in [9.17, 15) is 4.39 Å². The smallest absolute Gasteiger partial charge is 0.123 e. The number of hydrogen-bond donors (Lipinski definition) is 1. The van der Waals surface area contributed by atoms with Crippen LogP contribution < -0.4 is 5.32 Å². The minimum absolute atomic E-state index is 0.152. The molecule has 1 unspecified atom stereocenters. The lowest BCUT2D eigenvalue weighted by atomic mass is 9.95. The second-order valence-electron chi connectivity index (χ2n) is 5.66. The van der Waals surface area contributed by atoms with Crippen molar-refractivity contribution in [3.63, 3.8) is 0 Å². The number of rotatable bonds is 7. The quantitative estimate of drug-likeness (QED) is 0.719. The molecule has 114 valence electrons. The molecule has 0 spiro atoms. The molecule has 1 N–H and O–H groups in total. The fourth-order valence-corrected chi connectivity index (χ4v) is 3.98. The minimum Gasteiger partial charge on any atom is -0.314 e. The Morgan fingerprint density at radius 2 is 2.05 bits per heavy atom. The van der Waals surface area contributed by atoms with Crippen molar-refractivity contribution in [3.8, 4) is 0 Å². The van der Waals surface area contributed by atoms with Crippen molar-refractivity contribution >= 4 is 27.3 Å². The normalized spacial score (nSPS) is 12.8. The van der Waals surface area contributed by atoms with Crippen LogP contribution in [0.5, 0.6) is 0 Å². The van der Waals surface area contributed by atoms with E-state index in [0.717, 1.165) is 24.9 Å². The molecule has 1 atom stereocenters. The summed E-state index contributed by atoms with van der Waals surface area (Å²) in [5, 5.41) is 5.61. The van der Waals surface area contributed by atoms with Gasteiger partial charge in [-0.2, -0.15) is 0 Å². The summed E-state index contributed by atoms with van der Waals surface area (Å²) in [6, 6.07) is 9.50. The molecular weight excluding hydrogens is 349 g/mol. The van der Waals surface area contributed by atoms with Crippen LogP contribution in [0.25, 0.3) is 0 Å². The van der Waals surface area contributed by atoms with Gasteiger partial charge in [0.25, 0.3) is 0 Å². The first-order valence-electron chi connectivity index (χ1n) is 7.24. The fourth-order valence-electron chi connectivity index (χ4n) is 2.35. The van der Waals surface area contributed by atoms with Crippen molar-refractivity contribution in [2.75, 3.05) is 6.54 Å². The van der Waals surface area contributed by atoms with Gasteiger partial charge in [-0.1, -0.05) is 26.0 Å². The van der Waals surface area contributed by atoms with Crippen molar-refractivity contribution in [1.29, 1.82) is 0 Å². The average molecular weight is 370 g/mol. The van der Waals surface area contributed by atoms with E-state index >= 15 is 0 Å². The maximum atomic E-state index is 13.4. The summed E-state index contributed by atoms with van der Waals surface area (Å²) in [5.41, 5.74) is 1.07. The molecule has 1 aromatic carbocycles. The highest BCUT2D eigenvalue weighted by molar-refractivity contribution is 9.10. The minimum atomic E-state index is -0.152. The summed E-state index contributed by atoms with van der Waals surface area (Å²) >= 11 is 5.38. The van der Waals surface area contributed by atoms with Gasteiger partial charge >= 0.3 is 0 Å². The predicted molar refractivity (Wildman–Crippen MR) is 92.5 cm³/mol. The standard InChI is InChI=1S/C17H21BrFNS/c1-12(2)20-11-14(10-17-16(18)6-7-21-17)8-13-4-3-5-15(19)9-13/h3-7,9,12,14,20H,8,10-11H2,1-2H3. The molecule has 0 fully saturated rings. The van der Waals surface area contributed by atoms with Gasteiger partial charge in [-0.25, -0.2) is 4.39 Å². The Labute approximate surface area is 138 Å². The molecule has 0 aliphatic carbocycles. The van der Waals surface area contributed by atoms with Gasteiger partial charge in [-0.05, 0) is 70.4 Å². The van der Waals surface area contributed by atoms with Crippen LogP contribution in [-0.2, 0) is 12.8 Å². The Morgan fingerprint density at radius 1 is 1.24 bits per heavy atom. The van der Waals surface area contributed by atoms with Crippen molar-refractivity contribution in [2.24, 2.45) is 5.92 Å². The van der Waals surface area contributed by atoms with Gasteiger partial charge in [-0.3, -0.25) is 0 Å². The number of hydrogen-bond acceptors (Lipinski definition) is 2. The molecule has 0 aliphatic heterocycles. The molecule has 21 heavy (non-hydrogen) atoms. The van der Waals surface area contributed by atoms with Crippen molar-refractivity contribution in [3.05, 3.63) is 56.4 Å². The van der Waals surface area contributed by atoms with Crippen LogP contribution in [0.1, 0.15) is 24.3 Å². The lowest BCUT2D eigenvalue weighted by Gasteiger charge is -2.19. The number of nitrogens with one attached hydrogen (secondary N) is 1. The third-order valence-corrected chi connectivity index (χ3v) is 5.34. The Kier molecular flexibility index (Phi) is 6.40. The van der Waals surface area contributed by atoms with Gasteiger partial charge in [0.15, 0.2) is 0 Å². The molecule has 0 saturated carbocycles. The first kappa shape index (κ1) is 16.7. The number of benzene rings is 1. The summed E-state index contributed by atoms with van der Waals surface area (Å²) in [6.07, 6.45) is 1.90. The zero-order valence-corrected chi connectivity index (χ0v) is 14.8. The summed E-state index contributed by atoms with van der Waals surface area (Å²) in [4.78, 5) is 1.36. The highest BCUT2D eigenvalue weighted by atomic mass is 79.9. The molecule has 2 rings (SSSR count). The molecular formula is C17H21BrFNS. The molecule has 1 heterocycles. The SMILES string of the molecule is CC(C)NCC(Cc1cccc(F)c1)Cc1sccc1Br. The maximum Gasteiger partial charge on any atom is 0.123 e. The van der Waals surface area contributed by atoms with Gasteiger partial charge in [0.1, 0.15) is 5.82 Å². The van der Waals surface area contributed by atoms with Gasteiger partial charge in [0.05, 0.1) is 0 Å². The first-order valence-corrected chi connectivity index (χ1v) is 8.91. The zero-order chi connectivity index (χ0) is 15.2. The molecule has 0 radical (unpaired) electrons.